The van der Waals surface area contributed by atoms with Crippen molar-refractivity contribution in [3.05, 3.63) is 47.2 Å². The fourth-order valence-corrected chi connectivity index (χ4v) is 2.59. The Bertz CT molecular complexity index is 525. The van der Waals surface area contributed by atoms with Crippen LogP contribution < -0.4 is 0 Å². The number of aliphatic hydroxyl groups is 1. The molecule has 0 amide bonds. The monoisotopic (exact) mass is 241 g/mol. The molecule has 0 bridgehead atoms. The largest absolute Gasteiger partial charge is 0.512 e. The first-order valence-corrected chi connectivity index (χ1v) is 6.02. The van der Waals surface area contributed by atoms with Gasteiger partial charge in [0, 0.05) is 17.9 Å². The van der Waals surface area contributed by atoms with Crippen LogP contribution in [0.2, 0.25) is 0 Å². The first-order chi connectivity index (χ1) is 8.65. The number of aliphatic hydroxyl groups excluding tert-OH is 1. The van der Waals surface area contributed by atoms with E-state index in [2.05, 4.69) is 6.07 Å². The molecule has 0 aromatic heterocycles. The van der Waals surface area contributed by atoms with Crippen molar-refractivity contribution >= 4 is 5.78 Å². The number of hydrogen-bond donors (Lipinski definition) is 1. The molecule has 0 aliphatic heterocycles. The number of rotatable bonds is 2. The number of benzene rings is 1. The van der Waals surface area contributed by atoms with Gasteiger partial charge in [0.25, 0.3) is 0 Å². The first-order valence-electron chi connectivity index (χ1n) is 6.02. The Morgan fingerprint density at radius 2 is 2.06 bits per heavy atom. The number of allylic oxidation sites excluding steroid dienone is 2. The molecule has 1 aromatic rings. The van der Waals surface area contributed by atoms with Crippen LogP contribution in [0, 0.1) is 17.2 Å². The second kappa shape index (κ2) is 5.05. The summed E-state index contributed by atoms with van der Waals surface area (Å²) in [6.07, 6.45) is 1.01. The average molecular weight is 241 g/mol. The van der Waals surface area contributed by atoms with Gasteiger partial charge in [-0.15, -0.1) is 0 Å². The molecule has 1 N–H and O–H groups in total. The molecule has 0 fully saturated rings. The molecular formula is C15H15NO2. The minimum absolute atomic E-state index is 0.142. The van der Waals surface area contributed by atoms with Crippen molar-refractivity contribution in [2.24, 2.45) is 5.92 Å². The zero-order chi connectivity index (χ0) is 13.1. The topological polar surface area (TPSA) is 61.1 Å². The van der Waals surface area contributed by atoms with Gasteiger partial charge in [0.05, 0.1) is 17.7 Å². The average Bonchev–Trinajstić information content (AvgIpc) is 2.39. The highest BCUT2D eigenvalue weighted by molar-refractivity contribution is 5.95. The second-order valence-corrected chi connectivity index (χ2v) is 4.58. The highest BCUT2D eigenvalue weighted by Gasteiger charge is 2.35. The Kier molecular flexibility index (Phi) is 3.47. The third-order valence-electron chi connectivity index (χ3n) is 3.42. The van der Waals surface area contributed by atoms with Crippen LogP contribution in [0.3, 0.4) is 0 Å². The molecular weight excluding hydrogens is 226 g/mol. The molecule has 0 radical (unpaired) electrons. The summed E-state index contributed by atoms with van der Waals surface area (Å²) in [6, 6.07) is 11.7. The first kappa shape index (κ1) is 12.4. The summed E-state index contributed by atoms with van der Waals surface area (Å²) >= 11 is 0. The quantitative estimate of drug-likeness (QED) is 0.865. The zero-order valence-electron chi connectivity index (χ0n) is 10.3. The summed E-state index contributed by atoms with van der Waals surface area (Å²) < 4.78 is 0. The predicted molar refractivity (Wildman–Crippen MR) is 67.9 cm³/mol. The lowest BCUT2D eigenvalue weighted by Gasteiger charge is -2.29. The van der Waals surface area contributed by atoms with Gasteiger partial charge in [-0.1, -0.05) is 30.3 Å². The van der Waals surface area contributed by atoms with Crippen LogP contribution in [-0.2, 0) is 4.79 Å². The summed E-state index contributed by atoms with van der Waals surface area (Å²) in [5, 5.41) is 19.2. The van der Waals surface area contributed by atoms with E-state index in [0.717, 1.165) is 5.56 Å². The normalized spacial score (nSPS) is 23.6. The number of hydrogen-bond acceptors (Lipinski definition) is 3. The van der Waals surface area contributed by atoms with Gasteiger partial charge in [-0.3, -0.25) is 4.79 Å². The van der Waals surface area contributed by atoms with Crippen molar-refractivity contribution in [1.29, 1.82) is 5.26 Å². The van der Waals surface area contributed by atoms with Crippen LogP contribution in [-0.4, -0.2) is 10.9 Å². The Balaban J connectivity index is 2.53. The number of Topliss-reactive ketones (excluding diaryl/α,β-unsaturated/α-hetero) is 1. The number of nitrogens with zero attached hydrogens (tertiary/aromatic N) is 1. The van der Waals surface area contributed by atoms with Gasteiger partial charge in [-0.05, 0) is 18.9 Å². The fourth-order valence-electron chi connectivity index (χ4n) is 2.59. The standard InChI is InChI=1S/C15H15NO2/c1-10(17)14-13(18)8-7-12(9-16)15(14)11-5-3-2-4-6-11/h2-6,12,15,18H,7-8H2,1H3/t12-,15+/m0/s1. The maximum absolute atomic E-state index is 11.7. The molecule has 3 heteroatoms. The van der Waals surface area contributed by atoms with E-state index in [0.29, 0.717) is 18.4 Å². The van der Waals surface area contributed by atoms with E-state index in [-0.39, 0.29) is 23.4 Å². The third-order valence-corrected chi connectivity index (χ3v) is 3.42. The van der Waals surface area contributed by atoms with Gasteiger partial charge in [0.1, 0.15) is 0 Å². The van der Waals surface area contributed by atoms with Crippen molar-refractivity contribution in [3.8, 4) is 6.07 Å². The van der Waals surface area contributed by atoms with Crippen molar-refractivity contribution < 1.29 is 9.90 Å². The number of carbonyl (C=O) groups is 1. The molecule has 0 saturated heterocycles. The van der Waals surface area contributed by atoms with Crippen LogP contribution in [0.4, 0.5) is 0 Å². The van der Waals surface area contributed by atoms with E-state index >= 15 is 0 Å². The highest BCUT2D eigenvalue weighted by Crippen LogP contribution is 2.41. The Labute approximate surface area is 106 Å². The molecule has 2 rings (SSSR count). The summed E-state index contributed by atoms with van der Waals surface area (Å²) in [4.78, 5) is 11.7. The van der Waals surface area contributed by atoms with Gasteiger partial charge >= 0.3 is 0 Å². The van der Waals surface area contributed by atoms with Gasteiger partial charge in [0.2, 0.25) is 0 Å². The van der Waals surface area contributed by atoms with Crippen LogP contribution in [0.15, 0.2) is 41.7 Å². The molecule has 0 spiro atoms. The smallest absolute Gasteiger partial charge is 0.159 e. The van der Waals surface area contributed by atoms with Crippen molar-refractivity contribution in [3.63, 3.8) is 0 Å². The number of carbonyl (C=O) groups excluding carboxylic acids is 1. The maximum atomic E-state index is 11.7. The van der Waals surface area contributed by atoms with E-state index in [1.165, 1.54) is 6.92 Å². The van der Waals surface area contributed by atoms with Crippen LogP contribution in [0.25, 0.3) is 0 Å². The van der Waals surface area contributed by atoms with Crippen LogP contribution in [0.5, 0.6) is 0 Å². The minimum atomic E-state index is -0.303. The molecule has 0 unspecified atom stereocenters. The van der Waals surface area contributed by atoms with Crippen LogP contribution >= 0.6 is 0 Å². The van der Waals surface area contributed by atoms with E-state index in [4.69, 9.17) is 0 Å². The Morgan fingerprint density at radius 3 is 2.61 bits per heavy atom. The Morgan fingerprint density at radius 1 is 1.39 bits per heavy atom. The van der Waals surface area contributed by atoms with Gasteiger partial charge in [0.15, 0.2) is 5.78 Å². The summed E-state index contributed by atoms with van der Waals surface area (Å²) in [5.41, 5.74) is 1.32. The van der Waals surface area contributed by atoms with Gasteiger partial charge < -0.3 is 5.11 Å². The molecule has 0 heterocycles. The van der Waals surface area contributed by atoms with E-state index in [9.17, 15) is 15.2 Å². The molecule has 1 aliphatic carbocycles. The molecule has 3 nitrogen and oxygen atoms in total. The molecule has 2 atom stereocenters. The summed E-state index contributed by atoms with van der Waals surface area (Å²) in [5.74, 6) is -0.561. The van der Waals surface area contributed by atoms with E-state index in [1.807, 2.05) is 30.3 Å². The van der Waals surface area contributed by atoms with E-state index < -0.39 is 0 Å². The van der Waals surface area contributed by atoms with Crippen molar-refractivity contribution in [1.82, 2.24) is 0 Å². The third kappa shape index (κ3) is 2.14. The zero-order valence-corrected chi connectivity index (χ0v) is 10.3. The van der Waals surface area contributed by atoms with Crippen molar-refractivity contribution in [2.75, 3.05) is 0 Å². The minimum Gasteiger partial charge on any atom is -0.512 e. The lowest BCUT2D eigenvalue weighted by atomic mass is 9.73. The maximum Gasteiger partial charge on any atom is 0.159 e. The number of ketones is 1. The Hall–Kier alpha value is -2.08. The predicted octanol–water partition coefficient (Wildman–Crippen LogP) is 3.10. The molecule has 18 heavy (non-hydrogen) atoms. The number of nitriles is 1. The molecule has 92 valence electrons. The van der Waals surface area contributed by atoms with E-state index in [1.54, 1.807) is 0 Å². The molecule has 1 aromatic carbocycles. The van der Waals surface area contributed by atoms with Gasteiger partial charge in [-0.25, -0.2) is 0 Å². The summed E-state index contributed by atoms with van der Waals surface area (Å²) in [7, 11) is 0. The lowest BCUT2D eigenvalue weighted by Crippen LogP contribution is -2.24. The second-order valence-electron chi connectivity index (χ2n) is 4.58. The summed E-state index contributed by atoms with van der Waals surface area (Å²) in [6.45, 7) is 1.45. The molecule has 0 saturated carbocycles. The van der Waals surface area contributed by atoms with Crippen molar-refractivity contribution in [2.45, 2.75) is 25.7 Å². The van der Waals surface area contributed by atoms with Crippen LogP contribution in [0.1, 0.15) is 31.2 Å². The lowest BCUT2D eigenvalue weighted by molar-refractivity contribution is -0.114. The fraction of sp³-hybridized carbons (Fsp3) is 0.333. The SMILES string of the molecule is CC(=O)C1=C(O)CC[C@@H](C#N)[C@H]1c1ccccc1. The highest BCUT2D eigenvalue weighted by atomic mass is 16.3. The molecule has 1 aliphatic rings. The van der Waals surface area contributed by atoms with Gasteiger partial charge in [-0.2, -0.15) is 5.26 Å².